The Hall–Kier alpha value is -2.42. The summed E-state index contributed by atoms with van der Waals surface area (Å²) < 4.78 is 5.93. The second-order valence-electron chi connectivity index (χ2n) is 6.12. The van der Waals surface area contributed by atoms with E-state index in [0.29, 0.717) is 9.76 Å². The highest BCUT2D eigenvalue weighted by atomic mass is 28.2. The highest BCUT2D eigenvalue weighted by Crippen LogP contribution is 2.34. The van der Waals surface area contributed by atoms with Crippen molar-refractivity contribution in [3.63, 3.8) is 0 Å². The molecule has 0 atom stereocenters. The second-order valence-corrected chi connectivity index (χ2v) is 7.22. The van der Waals surface area contributed by atoms with E-state index in [1.54, 1.807) is 0 Å². The molecular weight excluding hydrogens is 320 g/mol. The minimum Gasteiger partial charge on any atom is -0.417 e. The molecule has 4 rings (SSSR count). The first-order valence-corrected chi connectivity index (χ1v) is 9.69. The third-order valence-electron chi connectivity index (χ3n) is 4.61. The van der Waals surface area contributed by atoms with Crippen molar-refractivity contribution in [2.75, 3.05) is 6.61 Å². The maximum absolute atomic E-state index is 5.93. The monoisotopic (exact) mass is 340 g/mol. The van der Waals surface area contributed by atoms with Gasteiger partial charge in [0.15, 0.2) is 0 Å². The molecule has 25 heavy (non-hydrogen) atoms. The van der Waals surface area contributed by atoms with Crippen molar-refractivity contribution in [2.45, 2.75) is 12.5 Å². The highest BCUT2D eigenvalue weighted by Gasteiger charge is 2.20. The predicted molar refractivity (Wildman–Crippen MR) is 107 cm³/mol. The Kier molecular flexibility index (Phi) is 4.64. The molecule has 0 aliphatic carbocycles. The van der Waals surface area contributed by atoms with Gasteiger partial charge in [0.05, 0.1) is 0 Å². The SMILES string of the molecule is CCO[Si]C(c1cccc2ccccc12)c1cccc2ccccc12. The molecular formula is C23H20OSi. The standard InChI is InChI=1S/C23H20OSi/c1-2-24-25-23(21-15-7-11-17-9-3-5-13-19(17)21)22-16-8-12-18-10-4-6-14-20(18)22/h3-16,23H,2H2,1H3. The van der Waals surface area contributed by atoms with E-state index in [0.717, 1.165) is 6.61 Å². The zero-order chi connectivity index (χ0) is 17.1. The van der Waals surface area contributed by atoms with E-state index in [-0.39, 0.29) is 5.54 Å². The average molecular weight is 340 g/mol. The van der Waals surface area contributed by atoms with Gasteiger partial charge < -0.3 is 4.43 Å². The molecule has 0 aromatic heterocycles. The maximum atomic E-state index is 5.93. The first-order valence-electron chi connectivity index (χ1n) is 8.71. The molecule has 0 saturated carbocycles. The Bertz CT molecular complexity index is 919. The largest absolute Gasteiger partial charge is 0.417 e. The Morgan fingerprint density at radius 2 is 1.16 bits per heavy atom. The van der Waals surface area contributed by atoms with Crippen LogP contribution in [0, 0.1) is 0 Å². The number of fused-ring (bicyclic) bond motifs is 2. The molecule has 0 aliphatic heterocycles. The van der Waals surface area contributed by atoms with Gasteiger partial charge in [-0.2, -0.15) is 0 Å². The van der Waals surface area contributed by atoms with Gasteiger partial charge in [-0.1, -0.05) is 84.9 Å². The van der Waals surface area contributed by atoms with Crippen LogP contribution in [-0.2, 0) is 4.43 Å². The summed E-state index contributed by atoms with van der Waals surface area (Å²) in [6.07, 6.45) is 0. The summed E-state index contributed by atoms with van der Waals surface area (Å²) >= 11 is 0. The topological polar surface area (TPSA) is 9.23 Å². The number of hydrogen-bond donors (Lipinski definition) is 0. The van der Waals surface area contributed by atoms with Crippen molar-refractivity contribution in [3.8, 4) is 0 Å². The van der Waals surface area contributed by atoms with Crippen LogP contribution in [0.15, 0.2) is 84.9 Å². The van der Waals surface area contributed by atoms with Crippen LogP contribution >= 0.6 is 0 Å². The van der Waals surface area contributed by atoms with Crippen LogP contribution in [0.1, 0.15) is 23.6 Å². The van der Waals surface area contributed by atoms with Gasteiger partial charge in [-0.05, 0) is 39.6 Å². The predicted octanol–water partition coefficient (Wildman–Crippen LogP) is 5.74. The van der Waals surface area contributed by atoms with E-state index in [1.807, 2.05) is 0 Å². The van der Waals surface area contributed by atoms with Crippen molar-refractivity contribution in [3.05, 3.63) is 96.1 Å². The van der Waals surface area contributed by atoms with Crippen molar-refractivity contribution >= 4 is 31.3 Å². The van der Waals surface area contributed by atoms with Crippen molar-refractivity contribution in [1.29, 1.82) is 0 Å². The smallest absolute Gasteiger partial charge is 0.242 e. The Morgan fingerprint density at radius 1 is 0.680 bits per heavy atom. The molecule has 1 nitrogen and oxygen atoms in total. The number of benzene rings is 4. The van der Waals surface area contributed by atoms with Crippen LogP contribution in [0.2, 0.25) is 0 Å². The third kappa shape index (κ3) is 3.11. The second kappa shape index (κ2) is 7.22. The molecule has 0 N–H and O–H groups in total. The lowest BCUT2D eigenvalue weighted by atomic mass is 9.94. The van der Waals surface area contributed by atoms with Gasteiger partial charge >= 0.3 is 0 Å². The van der Waals surface area contributed by atoms with Gasteiger partial charge in [0, 0.05) is 12.1 Å². The molecule has 0 spiro atoms. The summed E-state index contributed by atoms with van der Waals surface area (Å²) in [5.41, 5.74) is 2.94. The lowest BCUT2D eigenvalue weighted by Crippen LogP contribution is -2.14. The molecule has 4 aromatic rings. The van der Waals surface area contributed by atoms with Gasteiger partial charge in [0.1, 0.15) is 0 Å². The van der Waals surface area contributed by atoms with E-state index >= 15 is 0 Å². The minimum absolute atomic E-state index is 0.247. The van der Waals surface area contributed by atoms with Gasteiger partial charge in [0.25, 0.3) is 0 Å². The summed E-state index contributed by atoms with van der Waals surface area (Å²) in [5.74, 6) is 0. The normalized spacial score (nSPS) is 11.4. The van der Waals surface area contributed by atoms with Crippen molar-refractivity contribution < 1.29 is 4.43 Å². The quantitative estimate of drug-likeness (QED) is 0.421. The number of rotatable bonds is 5. The summed E-state index contributed by atoms with van der Waals surface area (Å²) in [6.45, 7) is 2.81. The first-order chi connectivity index (χ1) is 12.4. The molecule has 0 unspecified atom stereocenters. The van der Waals surface area contributed by atoms with Gasteiger partial charge in [-0.25, -0.2) is 0 Å². The minimum atomic E-state index is 0.247. The van der Waals surface area contributed by atoms with E-state index in [9.17, 15) is 0 Å². The zero-order valence-electron chi connectivity index (χ0n) is 14.3. The lowest BCUT2D eigenvalue weighted by Gasteiger charge is -2.20. The molecule has 0 fully saturated rings. The fourth-order valence-electron chi connectivity index (χ4n) is 3.47. The van der Waals surface area contributed by atoms with Crippen LogP contribution < -0.4 is 0 Å². The summed E-state index contributed by atoms with van der Waals surface area (Å²) in [7, 11) is 0.405. The third-order valence-corrected chi connectivity index (χ3v) is 5.93. The average Bonchev–Trinajstić information content (AvgIpc) is 2.68. The van der Waals surface area contributed by atoms with E-state index in [4.69, 9.17) is 4.43 Å². The van der Waals surface area contributed by atoms with E-state index in [1.165, 1.54) is 32.7 Å². The molecule has 0 amide bonds. The molecule has 2 radical (unpaired) electrons. The first kappa shape index (κ1) is 16.1. The molecule has 0 heterocycles. The van der Waals surface area contributed by atoms with Crippen LogP contribution in [0.4, 0.5) is 0 Å². The number of hydrogen-bond acceptors (Lipinski definition) is 1. The van der Waals surface area contributed by atoms with Crippen LogP contribution in [0.25, 0.3) is 21.5 Å². The van der Waals surface area contributed by atoms with Gasteiger partial charge in [-0.3, -0.25) is 0 Å². The van der Waals surface area contributed by atoms with E-state index in [2.05, 4.69) is 91.9 Å². The molecule has 0 saturated heterocycles. The van der Waals surface area contributed by atoms with Crippen molar-refractivity contribution in [2.24, 2.45) is 0 Å². The Morgan fingerprint density at radius 3 is 1.68 bits per heavy atom. The van der Waals surface area contributed by atoms with Crippen LogP contribution in [0.3, 0.4) is 0 Å². The van der Waals surface area contributed by atoms with E-state index < -0.39 is 0 Å². The summed E-state index contributed by atoms with van der Waals surface area (Å²) in [5, 5.41) is 5.20. The molecule has 2 heteroatoms. The maximum Gasteiger partial charge on any atom is 0.242 e. The molecule has 4 aromatic carbocycles. The van der Waals surface area contributed by atoms with Crippen molar-refractivity contribution in [1.82, 2.24) is 0 Å². The summed E-state index contributed by atoms with van der Waals surface area (Å²) in [4.78, 5) is 0. The summed E-state index contributed by atoms with van der Waals surface area (Å²) in [6, 6.07) is 30.4. The lowest BCUT2D eigenvalue weighted by molar-refractivity contribution is 0.356. The molecule has 0 bridgehead atoms. The fourth-order valence-corrected chi connectivity index (χ4v) is 4.56. The zero-order valence-corrected chi connectivity index (χ0v) is 15.3. The molecule has 122 valence electrons. The fraction of sp³-hybridized carbons (Fsp3) is 0.130. The Balaban J connectivity index is 1.94. The van der Waals surface area contributed by atoms with Gasteiger partial charge in [-0.15, -0.1) is 0 Å². The Labute approximate surface area is 151 Å². The van der Waals surface area contributed by atoms with Crippen LogP contribution in [0.5, 0.6) is 0 Å². The van der Waals surface area contributed by atoms with Gasteiger partial charge in [0.2, 0.25) is 9.76 Å². The highest BCUT2D eigenvalue weighted by molar-refractivity contribution is 6.32. The van der Waals surface area contributed by atoms with Crippen LogP contribution in [-0.4, -0.2) is 16.4 Å². The molecule has 0 aliphatic rings.